The number of amides is 1. The molecule has 2 heterocycles. The molecular formula is C10H14N4O. The lowest BCUT2D eigenvalue weighted by atomic mass is 9.88. The van der Waals surface area contributed by atoms with Crippen molar-refractivity contribution in [3.63, 3.8) is 0 Å². The molecule has 1 aliphatic heterocycles. The van der Waals surface area contributed by atoms with Gasteiger partial charge >= 0.3 is 0 Å². The van der Waals surface area contributed by atoms with Crippen molar-refractivity contribution in [2.45, 2.75) is 6.92 Å². The molecule has 1 amide bonds. The first kappa shape index (κ1) is 10.0. The molecule has 15 heavy (non-hydrogen) atoms. The molecular weight excluding hydrogens is 192 g/mol. The normalized spacial score (nSPS) is 17.9. The number of nitrogens with zero attached hydrogens (tertiary/aromatic N) is 2. The van der Waals surface area contributed by atoms with Crippen LogP contribution in [0.4, 0.5) is 5.82 Å². The van der Waals surface area contributed by atoms with Crippen molar-refractivity contribution in [2.75, 3.05) is 18.4 Å². The number of carbonyl (C=O) groups excluding carboxylic acids is 1. The maximum atomic E-state index is 11.7. The van der Waals surface area contributed by atoms with E-state index < -0.39 is 0 Å². The van der Waals surface area contributed by atoms with Gasteiger partial charge in [-0.15, -0.1) is 0 Å². The molecule has 0 spiro atoms. The lowest BCUT2D eigenvalue weighted by Gasteiger charge is -2.31. The van der Waals surface area contributed by atoms with Crippen LogP contribution in [0, 0.1) is 11.8 Å². The summed E-state index contributed by atoms with van der Waals surface area (Å²) in [6.45, 7) is 3.79. The molecule has 1 fully saturated rings. The van der Waals surface area contributed by atoms with Crippen LogP contribution in [0.15, 0.2) is 18.6 Å². The van der Waals surface area contributed by atoms with Gasteiger partial charge in [-0.3, -0.25) is 9.78 Å². The molecule has 0 aliphatic carbocycles. The minimum Gasteiger partial charge on any atom is -0.316 e. The Morgan fingerprint density at radius 2 is 2.40 bits per heavy atom. The number of rotatable bonds is 3. The first-order valence-electron chi connectivity index (χ1n) is 5.05. The molecule has 1 saturated heterocycles. The molecule has 5 heteroatoms. The predicted octanol–water partition coefficient (Wildman–Crippen LogP) is 0.271. The minimum atomic E-state index is 0.0157. The van der Waals surface area contributed by atoms with Crippen LogP contribution in [0.2, 0.25) is 0 Å². The van der Waals surface area contributed by atoms with Crippen LogP contribution in [0.25, 0.3) is 0 Å². The van der Waals surface area contributed by atoms with Gasteiger partial charge in [-0.25, -0.2) is 4.98 Å². The molecule has 1 atom stereocenters. The van der Waals surface area contributed by atoms with Crippen LogP contribution in [-0.4, -0.2) is 29.0 Å². The van der Waals surface area contributed by atoms with Crippen LogP contribution in [0.1, 0.15) is 6.92 Å². The zero-order valence-corrected chi connectivity index (χ0v) is 8.60. The quantitative estimate of drug-likeness (QED) is 0.745. The molecule has 1 aliphatic rings. The third kappa shape index (κ3) is 2.30. The van der Waals surface area contributed by atoms with Crippen molar-refractivity contribution in [3.05, 3.63) is 18.6 Å². The maximum absolute atomic E-state index is 11.7. The molecule has 1 unspecified atom stereocenters. The second kappa shape index (κ2) is 4.35. The van der Waals surface area contributed by atoms with Crippen LogP contribution in [0.3, 0.4) is 0 Å². The van der Waals surface area contributed by atoms with Gasteiger partial charge in [0.1, 0.15) is 0 Å². The Hall–Kier alpha value is -1.49. The highest BCUT2D eigenvalue weighted by Crippen LogP contribution is 2.17. The Kier molecular flexibility index (Phi) is 2.91. The summed E-state index contributed by atoms with van der Waals surface area (Å²) in [5.74, 6) is 0.999. The monoisotopic (exact) mass is 206 g/mol. The fourth-order valence-corrected chi connectivity index (χ4v) is 1.48. The first-order chi connectivity index (χ1) is 7.27. The second-order valence-corrected chi connectivity index (χ2v) is 3.79. The van der Waals surface area contributed by atoms with E-state index in [1.165, 1.54) is 0 Å². The number of aromatic nitrogens is 2. The van der Waals surface area contributed by atoms with Gasteiger partial charge in [-0.1, -0.05) is 6.92 Å². The van der Waals surface area contributed by atoms with Crippen LogP contribution in [-0.2, 0) is 4.79 Å². The number of hydrogen-bond acceptors (Lipinski definition) is 4. The Morgan fingerprint density at radius 1 is 1.60 bits per heavy atom. The van der Waals surface area contributed by atoms with E-state index in [-0.39, 0.29) is 11.8 Å². The molecule has 0 bridgehead atoms. The SMILES string of the molecule is CC(C(=O)Nc1cnccn1)C1CNC1. The largest absolute Gasteiger partial charge is 0.316 e. The Bertz CT molecular complexity index is 337. The van der Waals surface area contributed by atoms with Crippen molar-refractivity contribution in [3.8, 4) is 0 Å². The summed E-state index contributed by atoms with van der Waals surface area (Å²) in [6.07, 6.45) is 4.68. The van der Waals surface area contributed by atoms with E-state index in [9.17, 15) is 4.79 Å². The van der Waals surface area contributed by atoms with E-state index in [4.69, 9.17) is 0 Å². The van der Waals surface area contributed by atoms with Crippen LogP contribution in [0.5, 0.6) is 0 Å². The fourth-order valence-electron chi connectivity index (χ4n) is 1.48. The van der Waals surface area contributed by atoms with Crippen LogP contribution >= 0.6 is 0 Å². The van der Waals surface area contributed by atoms with Gasteiger partial charge in [0.25, 0.3) is 0 Å². The van der Waals surface area contributed by atoms with E-state index in [1.54, 1.807) is 18.6 Å². The molecule has 0 saturated carbocycles. The van der Waals surface area contributed by atoms with Gasteiger partial charge in [-0.2, -0.15) is 0 Å². The molecule has 0 radical (unpaired) electrons. The van der Waals surface area contributed by atoms with Gasteiger partial charge in [-0.05, 0) is 19.0 Å². The number of hydrogen-bond donors (Lipinski definition) is 2. The maximum Gasteiger partial charge on any atom is 0.228 e. The highest BCUT2D eigenvalue weighted by atomic mass is 16.1. The van der Waals surface area contributed by atoms with Gasteiger partial charge in [0, 0.05) is 18.3 Å². The fraction of sp³-hybridized carbons (Fsp3) is 0.500. The van der Waals surface area contributed by atoms with Gasteiger partial charge in [0.05, 0.1) is 6.20 Å². The zero-order valence-electron chi connectivity index (χ0n) is 8.60. The first-order valence-corrected chi connectivity index (χ1v) is 5.05. The van der Waals surface area contributed by atoms with E-state index in [2.05, 4.69) is 20.6 Å². The summed E-state index contributed by atoms with van der Waals surface area (Å²) in [6, 6.07) is 0. The Labute approximate surface area is 88.3 Å². The van der Waals surface area contributed by atoms with Gasteiger partial charge in [0.15, 0.2) is 5.82 Å². The molecule has 2 rings (SSSR count). The van der Waals surface area contributed by atoms with E-state index in [1.807, 2.05) is 6.92 Å². The van der Waals surface area contributed by atoms with Crippen molar-refractivity contribution in [1.82, 2.24) is 15.3 Å². The van der Waals surface area contributed by atoms with Crippen LogP contribution < -0.4 is 10.6 Å². The molecule has 2 N–H and O–H groups in total. The van der Waals surface area contributed by atoms with E-state index >= 15 is 0 Å². The lowest BCUT2D eigenvalue weighted by Crippen LogP contribution is -2.48. The van der Waals surface area contributed by atoms with Gasteiger partial charge in [0.2, 0.25) is 5.91 Å². The Balaban J connectivity index is 1.91. The standard InChI is InChI=1S/C10H14N4O/c1-7(8-4-12-5-8)10(15)14-9-6-11-2-3-13-9/h2-3,6-8,12H,4-5H2,1H3,(H,13,14,15). The van der Waals surface area contributed by atoms with Crippen molar-refractivity contribution < 1.29 is 4.79 Å². The molecule has 1 aromatic heterocycles. The predicted molar refractivity (Wildman–Crippen MR) is 56.2 cm³/mol. The summed E-state index contributed by atoms with van der Waals surface area (Å²) >= 11 is 0. The summed E-state index contributed by atoms with van der Waals surface area (Å²) in [5, 5.41) is 5.90. The minimum absolute atomic E-state index is 0.0157. The Morgan fingerprint density at radius 3 is 2.93 bits per heavy atom. The molecule has 0 aromatic carbocycles. The number of anilines is 1. The third-order valence-corrected chi connectivity index (χ3v) is 2.75. The average Bonchev–Trinajstić information content (AvgIpc) is 2.16. The highest BCUT2D eigenvalue weighted by molar-refractivity contribution is 5.91. The smallest absolute Gasteiger partial charge is 0.228 e. The van der Waals surface area contributed by atoms with Crippen molar-refractivity contribution in [1.29, 1.82) is 0 Å². The highest BCUT2D eigenvalue weighted by Gasteiger charge is 2.28. The number of nitrogens with one attached hydrogen (secondary N) is 2. The number of carbonyl (C=O) groups is 1. The zero-order chi connectivity index (χ0) is 10.7. The van der Waals surface area contributed by atoms with E-state index in [0.29, 0.717) is 11.7 Å². The summed E-state index contributed by atoms with van der Waals surface area (Å²) in [5.41, 5.74) is 0. The summed E-state index contributed by atoms with van der Waals surface area (Å²) in [4.78, 5) is 19.6. The van der Waals surface area contributed by atoms with Crippen molar-refractivity contribution >= 4 is 11.7 Å². The lowest BCUT2D eigenvalue weighted by molar-refractivity contribution is -0.121. The second-order valence-electron chi connectivity index (χ2n) is 3.79. The third-order valence-electron chi connectivity index (χ3n) is 2.75. The topological polar surface area (TPSA) is 66.9 Å². The molecule has 1 aromatic rings. The molecule has 5 nitrogen and oxygen atoms in total. The van der Waals surface area contributed by atoms with Crippen molar-refractivity contribution in [2.24, 2.45) is 11.8 Å². The summed E-state index contributed by atoms with van der Waals surface area (Å²) in [7, 11) is 0. The summed E-state index contributed by atoms with van der Waals surface area (Å²) < 4.78 is 0. The average molecular weight is 206 g/mol. The van der Waals surface area contributed by atoms with Gasteiger partial charge < -0.3 is 10.6 Å². The molecule has 80 valence electrons. The van der Waals surface area contributed by atoms with E-state index in [0.717, 1.165) is 13.1 Å².